The molecular formula is C22H25N5O3. The lowest BCUT2D eigenvalue weighted by Gasteiger charge is -2.23. The number of ether oxygens (including phenoxy) is 2. The number of aromatic nitrogens is 4. The minimum absolute atomic E-state index is 0.00596. The summed E-state index contributed by atoms with van der Waals surface area (Å²) in [6.07, 6.45) is 4.77. The van der Waals surface area contributed by atoms with Crippen molar-refractivity contribution in [3.63, 3.8) is 0 Å². The minimum Gasteiger partial charge on any atom is -0.486 e. The smallest absolute Gasteiger partial charge is 0.252 e. The lowest BCUT2D eigenvalue weighted by molar-refractivity contribution is -0.122. The van der Waals surface area contributed by atoms with Crippen LogP contribution in [0.5, 0.6) is 11.5 Å². The van der Waals surface area contributed by atoms with Crippen LogP contribution in [0, 0.1) is 19.8 Å². The van der Waals surface area contributed by atoms with Gasteiger partial charge >= 0.3 is 0 Å². The van der Waals surface area contributed by atoms with Crippen molar-refractivity contribution in [2.24, 2.45) is 5.92 Å². The normalized spacial score (nSPS) is 16.5. The van der Waals surface area contributed by atoms with Gasteiger partial charge in [0, 0.05) is 17.8 Å². The molecule has 1 amide bonds. The highest BCUT2D eigenvalue weighted by molar-refractivity contribution is 5.77. The zero-order valence-electron chi connectivity index (χ0n) is 17.2. The van der Waals surface area contributed by atoms with Crippen LogP contribution in [0.3, 0.4) is 0 Å². The Bertz CT molecular complexity index is 1110. The van der Waals surface area contributed by atoms with E-state index in [-0.39, 0.29) is 11.9 Å². The fourth-order valence-electron chi connectivity index (χ4n) is 4.16. The van der Waals surface area contributed by atoms with Crippen LogP contribution >= 0.6 is 0 Å². The second kappa shape index (κ2) is 7.59. The van der Waals surface area contributed by atoms with Crippen LogP contribution in [0.25, 0.3) is 5.78 Å². The molecule has 0 bridgehead atoms. The van der Waals surface area contributed by atoms with Crippen molar-refractivity contribution in [2.45, 2.75) is 45.6 Å². The van der Waals surface area contributed by atoms with Crippen LogP contribution in [-0.4, -0.2) is 38.7 Å². The number of hydrogen-bond acceptors (Lipinski definition) is 6. The van der Waals surface area contributed by atoms with Crippen LogP contribution < -0.4 is 14.8 Å². The molecule has 8 heteroatoms. The standard InChI is InChI=1S/C22H25N5O3/c1-13-17(14(2)27-22(25-13)23-12-24-27)6-8-20(28)26-21(15-3-4-15)16-5-7-18-19(11-16)30-10-9-29-18/h5,7,11-12,15,21H,3-4,6,8-10H2,1-2H3,(H,26,28). The third kappa shape index (κ3) is 3.58. The third-order valence-corrected chi connectivity index (χ3v) is 5.93. The van der Waals surface area contributed by atoms with Gasteiger partial charge in [0.25, 0.3) is 5.78 Å². The van der Waals surface area contributed by atoms with E-state index in [0.29, 0.717) is 37.8 Å². The van der Waals surface area contributed by atoms with Crippen LogP contribution in [0.2, 0.25) is 0 Å². The molecule has 1 saturated carbocycles. The van der Waals surface area contributed by atoms with E-state index < -0.39 is 0 Å². The van der Waals surface area contributed by atoms with E-state index in [1.807, 2.05) is 32.0 Å². The average Bonchev–Trinajstić information content (AvgIpc) is 3.48. The number of hydrogen-bond donors (Lipinski definition) is 1. The van der Waals surface area contributed by atoms with Crippen molar-refractivity contribution >= 4 is 11.7 Å². The van der Waals surface area contributed by atoms with Crippen LogP contribution in [0.4, 0.5) is 0 Å². The zero-order valence-corrected chi connectivity index (χ0v) is 17.2. The fourth-order valence-corrected chi connectivity index (χ4v) is 4.16. The van der Waals surface area contributed by atoms with Crippen molar-refractivity contribution < 1.29 is 14.3 Å². The molecule has 1 N–H and O–H groups in total. The molecule has 1 aromatic carbocycles. The first-order valence-corrected chi connectivity index (χ1v) is 10.4. The Labute approximate surface area is 174 Å². The number of amides is 1. The number of carbonyl (C=O) groups is 1. The molecule has 0 saturated heterocycles. The van der Waals surface area contributed by atoms with Gasteiger partial charge in [-0.05, 0) is 62.3 Å². The molecular weight excluding hydrogens is 382 g/mol. The first kappa shape index (κ1) is 18.8. The van der Waals surface area contributed by atoms with E-state index in [1.165, 1.54) is 6.33 Å². The highest BCUT2D eigenvalue weighted by Crippen LogP contribution is 2.43. The van der Waals surface area contributed by atoms with Gasteiger partial charge in [0.1, 0.15) is 19.5 Å². The molecule has 3 heterocycles. The lowest BCUT2D eigenvalue weighted by atomic mass is 10.0. The van der Waals surface area contributed by atoms with Gasteiger partial charge < -0.3 is 14.8 Å². The molecule has 0 radical (unpaired) electrons. The molecule has 3 aromatic rings. The van der Waals surface area contributed by atoms with Crippen LogP contribution in [0.1, 0.15) is 47.8 Å². The van der Waals surface area contributed by atoms with Crippen molar-refractivity contribution in [2.75, 3.05) is 13.2 Å². The summed E-state index contributed by atoms with van der Waals surface area (Å²) in [7, 11) is 0. The molecule has 1 fully saturated rings. The fraction of sp³-hybridized carbons (Fsp3) is 0.455. The predicted molar refractivity (Wildman–Crippen MR) is 110 cm³/mol. The van der Waals surface area contributed by atoms with Crippen molar-refractivity contribution in [3.05, 3.63) is 47.0 Å². The Balaban J connectivity index is 1.29. The molecule has 30 heavy (non-hydrogen) atoms. The molecule has 1 unspecified atom stereocenters. The van der Waals surface area contributed by atoms with E-state index >= 15 is 0 Å². The predicted octanol–water partition coefficient (Wildman–Crippen LogP) is 2.71. The maximum absolute atomic E-state index is 12.8. The summed E-state index contributed by atoms with van der Waals surface area (Å²) in [6.45, 7) is 5.08. The van der Waals surface area contributed by atoms with Gasteiger partial charge in [0.15, 0.2) is 11.5 Å². The van der Waals surface area contributed by atoms with Gasteiger partial charge in [-0.1, -0.05) is 6.07 Å². The number of benzene rings is 1. The number of aryl methyl sites for hydroxylation is 2. The number of carbonyl (C=O) groups excluding carboxylic acids is 1. The first-order valence-electron chi connectivity index (χ1n) is 10.4. The number of rotatable bonds is 6. The SMILES string of the molecule is Cc1nc2ncnn2c(C)c1CCC(=O)NC(c1ccc2c(c1)OCCO2)C1CC1. The number of nitrogens with one attached hydrogen (secondary N) is 1. The van der Waals surface area contributed by atoms with Crippen molar-refractivity contribution in [1.29, 1.82) is 0 Å². The van der Waals surface area contributed by atoms with Gasteiger partial charge in [0.2, 0.25) is 5.91 Å². The zero-order chi connectivity index (χ0) is 20.7. The van der Waals surface area contributed by atoms with Gasteiger partial charge in [0.05, 0.1) is 6.04 Å². The van der Waals surface area contributed by atoms with Crippen LogP contribution in [0.15, 0.2) is 24.5 Å². The molecule has 156 valence electrons. The van der Waals surface area contributed by atoms with Crippen molar-refractivity contribution in [1.82, 2.24) is 24.9 Å². The Morgan fingerprint density at radius 1 is 1.23 bits per heavy atom. The Hall–Kier alpha value is -3.16. The molecule has 8 nitrogen and oxygen atoms in total. The van der Waals surface area contributed by atoms with E-state index in [9.17, 15) is 4.79 Å². The van der Waals surface area contributed by atoms with Gasteiger partial charge in [-0.15, -0.1) is 0 Å². The summed E-state index contributed by atoms with van der Waals surface area (Å²) in [5.74, 6) is 2.64. The number of fused-ring (bicyclic) bond motifs is 2. The molecule has 0 spiro atoms. The molecule has 2 aromatic heterocycles. The van der Waals surface area contributed by atoms with E-state index in [4.69, 9.17) is 9.47 Å². The molecule has 1 atom stereocenters. The average molecular weight is 407 g/mol. The Kier molecular flexibility index (Phi) is 4.77. The monoisotopic (exact) mass is 407 g/mol. The summed E-state index contributed by atoms with van der Waals surface area (Å²) in [4.78, 5) is 21.5. The Morgan fingerprint density at radius 2 is 2.03 bits per heavy atom. The maximum atomic E-state index is 12.8. The summed E-state index contributed by atoms with van der Waals surface area (Å²) in [6, 6.07) is 5.99. The first-order chi connectivity index (χ1) is 14.6. The molecule has 1 aliphatic heterocycles. The summed E-state index contributed by atoms with van der Waals surface area (Å²) in [5, 5.41) is 7.48. The van der Waals surface area contributed by atoms with E-state index in [2.05, 4.69) is 20.4 Å². The quantitative estimate of drug-likeness (QED) is 0.676. The molecule has 5 rings (SSSR count). The second-order valence-electron chi connectivity index (χ2n) is 8.02. The molecule has 1 aliphatic carbocycles. The minimum atomic E-state index is 0.00596. The Morgan fingerprint density at radius 3 is 2.83 bits per heavy atom. The van der Waals surface area contributed by atoms with Gasteiger partial charge in [-0.2, -0.15) is 10.1 Å². The maximum Gasteiger partial charge on any atom is 0.252 e. The van der Waals surface area contributed by atoms with E-state index in [1.54, 1.807) is 4.52 Å². The largest absolute Gasteiger partial charge is 0.486 e. The third-order valence-electron chi connectivity index (χ3n) is 5.93. The van der Waals surface area contributed by atoms with E-state index in [0.717, 1.165) is 46.9 Å². The van der Waals surface area contributed by atoms with Crippen LogP contribution in [-0.2, 0) is 11.2 Å². The van der Waals surface area contributed by atoms with Gasteiger partial charge in [-0.3, -0.25) is 4.79 Å². The topological polar surface area (TPSA) is 90.6 Å². The van der Waals surface area contributed by atoms with Crippen molar-refractivity contribution in [3.8, 4) is 11.5 Å². The molecule has 2 aliphatic rings. The summed E-state index contributed by atoms with van der Waals surface area (Å²) >= 11 is 0. The summed E-state index contributed by atoms with van der Waals surface area (Å²) < 4.78 is 13.1. The number of nitrogens with zero attached hydrogens (tertiary/aromatic N) is 4. The lowest BCUT2D eigenvalue weighted by Crippen LogP contribution is -2.30. The highest BCUT2D eigenvalue weighted by Gasteiger charge is 2.34. The second-order valence-corrected chi connectivity index (χ2v) is 8.02. The summed E-state index contributed by atoms with van der Waals surface area (Å²) in [5.41, 5.74) is 4.00. The van der Waals surface area contributed by atoms with Gasteiger partial charge in [-0.25, -0.2) is 9.50 Å². The highest BCUT2D eigenvalue weighted by atomic mass is 16.6.